The zero-order valence-corrected chi connectivity index (χ0v) is 9.93. The van der Waals surface area contributed by atoms with Gasteiger partial charge in [-0.1, -0.05) is 19.1 Å². The Balaban J connectivity index is 2.22. The predicted octanol–water partition coefficient (Wildman–Crippen LogP) is 2.58. The molecule has 0 unspecified atom stereocenters. The molecule has 0 bridgehead atoms. The number of hydrogen-bond donors (Lipinski definition) is 0. The van der Waals surface area contributed by atoms with Gasteiger partial charge in [0.2, 0.25) is 0 Å². The highest BCUT2D eigenvalue weighted by Crippen LogP contribution is 2.14. The van der Waals surface area contributed by atoms with E-state index in [1.807, 2.05) is 12.1 Å². The molecule has 0 aliphatic heterocycles. The number of aromatic nitrogens is 1. The van der Waals surface area contributed by atoms with Crippen molar-refractivity contribution in [2.45, 2.75) is 13.5 Å². The molecular formula is C14H15N3. The van der Waals surface area contributed by atoms with Gasteiger partial charge in [0.15, 0.2) is 0 Å². The summed E-state index contributed by atoms with van der Waals surface area (Å²) in [5.41, 5.74) is 2.24. The van der Waals surface area contributed by atoms with E-state index in [0.717, 1.165) is 24.0 Å². The van der Waals surface area contributed by atoms with E-state index in [9.17, 15) is 0 Å². The molecule has 0 aliphatic rings. The first kappa shape index (κ1) is 11.6. The molecule has 1 aromatic carbocycles. The van der Waals surface area contributed by atoms with E-state index in [4.69, 9.17) is 5.26 Å². The molecule has 0 spiro atoms. The summed E-state index contributed by atoms with van der Waals surface area (Å²) in [7, 11) is 0. The van der Waals surface area contributed by atoms with Crippen LogP contribution in [-0.2, 0) is 6.54 Å². The van der Waals surface area contributed by atoms with Crippen LogP contribution in [0.2, 0.25) is 0 Å². The third-order valence-electron chi connectivity index (χ3n) is 2.82. The third kappa shape index (κ3) is 2.80. The van der Waals surface area contributed by atoms with Crippen LogP contribution in [0.1, 0.15) is 12.5 Å². The summed E-state index contributed by atoms with van der Waals surface area (Å²) >= 11 is 0. The molecule has 0 amide bonds. The van der Waals surface area contributed by atoms with Crippen LogP contribution in [0, 0.1) is 11.3 Å². The number of benzene rings is 1. The van der Waals surface area contributed by atoms with Gasteiger partial charge in [0.25, 0.3) is 0 Å². The summed E-state index contributed by atoms with van der Waals surface area (Å²) in [6.45, 7) is 4.25. The van der Waals surface area contributed by atoms with Crippen molar-refractivity contribution < 1.29 is 0 Å². The minimum atomic E-state index is 0.474. The van der Waals surface area contributed by atoms with Crippen molar-refractivity contribution in [2.75, 3.05) is 13.1 Å². The molecule has 1 heterocycles. The van der Waals surface area contributed by atoms with E-state index >= 15 is 0 Å². The molecule has 0 fully saturated rings. The molecule has 17 heavy (non-hydrogen) atoms. The van der Waals surface area contributed by atoms with E-state index in [-0.39, 0.29) is 0 Å². The van der Waals surface area contributed by atoms with Crippen LogP contribution in [0.4, 0.5) is 0 Å². The van der Waals surface area contributed by atoms with Crippen LogP contribution < -0.4 is 0 Å². The normalized spacial score (nSPS) is 10.6. The molecule has 0 saturated carbocycles. The zero-order chi connectivity index (χ0) is 12.1. The SMILES string of the molecule is CCN(CC#N)Cc1ccc2ncccc2c1. The lowest BCUT2D eigenvalue weighted by molar-refractivity contribution is 0.315. The fraction of sp³-hybridized carbons (Fsp3) is 0.286. The van der Waals surface area contributed by atoms with Crippen LogP contribution in [0.25, 0.3) is 10.9 Å². The van der Waals surface area contributed by atoms with Gasteiger partial charge in [-0.25, -0.2) is 0 Å². The maximum Gasteiger partial charge on any atom is 0.0868 e. The molecule has 0 N–H and O–H groups in total. The molecule has 0 saturated heterocycles. The molecule has 0 radical (unpaired) electrons. The molecule has 3 heteroatoms. The first-order valence-electron chi connectivity index (χ1n) is 5.76. The molecule has 2 rings (SSSR count). The number of hydrogen-bond acceptors (Lipinski definition) is 3. The maximum absolute atomic E-state index is 8.72. The van der Waals surface area contributed by atoms with Crippen LogP contribution in [-0.4, -0.2) is 23.0 Å². The minimum absolute atomic E-state index is 0.474. The summed E-state index contributed by atoms with van der Waals surface area (Å²) < 4.78 is 0. The highest BCUT2D eigenvalue weighted by molar-refractivity contribution is 5.78. The number of fused-ring (bicyclic) bond motifs is 1. The van der Waals surface area contributed by atoms with E-state index in [1.54, 1.807) is 6.20 Å². The number of rotatable bonds is 4. The Morgan fingerprint density at radius 2 is 2.24 bits per heavy atom. The van der Waals surface area contributed by atoms with Crippen LogP contribution >= 0.6 is 0 Å². The quantitative estimate of drug-likeness (QED) is 0.751. The fourth-order valence-corrected chi connectivity index (χ4v) is 1.86. The van der Waals surface area contributed by atoms with Gasteiger partial charge in [0, 0.05) is 18.1 Å². The van der Waals surface area contributed by atoms with Gasteiger partial charge in [-0.05, 0) is 30.3 Å². The van der Waals surface area contributed by atoms with Gasteiger partial charge in [-0.3, -0.25) is 9.88 Å². The molecule has 2 aromatic rings. The Morgan fingerprint density at radius 1 is 1.35 bits per heavy atom. The maximum atomic E-state index is 8.72. The highest BCUT2D eigenvalue weighted by atomic mass is 15.1. The van der Waals surface area contributed by atoms with Crippen molar-refractivity contribution in [1.82, 2.24) is 9.88 Å². The number of nitrogens with zero attached hydrogens (tertiary/aromatic N) is 3. The lowest BCUT2D eigenvalue weighted by atomic mass is 10.1. The predicted molar refractivity (Wildman–Crippen MR) is 68.3 cm³/mol. The molecule has 3 nitrogen and oxygen atoms in total. The largest absolute Gasteiger partial charge is 0.287 e. The van der Waals surface area contributed by atoms with Crippen LogP contribution in [0.5, 0.6) is 0 Å². The Hall–Kier alpha value is -1.92. The third-order valence-corrected chi connectivity index (χ3v) is 2.82. The standard InChI is InChI=1S/C14H15N3/c1-2-17(9-7-15)11-12-5-6-14-13(10-12)4-3-8-16-14/h3-6,8,10H,2,9,11H2,1H3. The van der Waals surface area contributed by atoms with Gasteiger partial charge in [-0.2, -0.15) is 5.26 Å². The van der Waals surface area contributed by atoms with Crippen LogP contribution in [0.3, 0.4) is 0 Å². The zero-order valence-electron chi connectivity index (χ0n) is 9.93. The van der Waals surface area contributed by atoms with E-state index < -0.39 is 0 Å². The van der Waals surface area contributed by atoms with Crippen molar-refractivity contribution in [3.63, 3.8) is 0 Å². The van der Waals surface area contributed by atoms with Gasteiger partial charge in [-0.15, -0.1) is 0 Å². The summed E-state index contributed by atoms with van der Waals surface area (Å²) in [4.78, 5) is 6.40. The summed E-state index contributed by atoms with van der Waals surface area (Å²) in [5.74, 6) is 0. The summed E-state index contributed by atoms with van der Waals surface area (Å²) in [6, 6.07) is 12.4. The number of pyridine rings is 1. The Kier molecular flexibility index (Phi) is 3.69. The second-order valence-corrected chi connectivity index (χ2v) is 3.99. The lowest BCUT2D eigenvalue weighted by Crippen LogP contribution is -2.22. The van der Waals surface area contributed by atoms with Crippen LogP contribution in [0.15, 0.2) is 36.5 Å². The van der Waals surface area contributed by atoms with E-state index in [2.05, 4.69) is 41.1 Å². The van der Waals surface area contributed by atoms with Crippen molar-refractivity contribution in [3.8, 4) is 6.07 Å². The fourth-order valence-electron chi connectivity index (χ4n) is 1.86. The molecule has 1 aromatic heterocycles. The van der Waals surface area contributed by atoms with Gasteiger partial charge in [0.05, 0.1) is 18.1 Å². The lowest BCUT2D eigenvalue weighted by Gasteiger charge is -2.16. The van der Waals surface area contributed by atoms with E-state index in [1.165, 1.54) is 5.56 Å². The molecule has 86 valence electrons. The monoisotopic (exact) mass is 225 g/mol. The Bertz CT molecular complexity index is 542. The summed E-state index contributed by atoms with van der Waals surface area (Å²) in [5, 5.41) is 9.87. The van der Waals surface area contributed by atoms with Gasteiger partial charge >= 0.3 is 0 Å². The first-order chi connectivity index (χ1) is 8.33. The Labute approximate surface area is 101 Å². The van der Waals surface area contributed by atoms with Crippen molar-refractivity contribution in [3.05, 3.63) is 42.1 Å². The topological polar surface area (TPSA) is 39.9 Å². The highest BCUT2D eigenvalue weighted by Gasteiger charge is 2.03. The smallest absolute Gasteiger partial charge is 0.0868 e. The van der Waals surface area contributed by atoms with Crippen molar-refractivity contribution >= 4 is 10.9 Å². The molecule has 0 atom stereocenters. The number of nitriles is 1. The summed E-state index contributed by atoms with van der Waals surface area (Å²) in [6.07, 6.45) is 1.80. The molecular weight excluding hydrogens is 210 g/mol. The first-order valence-corrected chi connectivity index (χ1v) is 5.76. The van der Waals surface area contributed by atoms with Crippen molar-refractivity contribution in [2.24, 2.45) is 0 Å². The van der Waals surface area contributed by atoms with Gasteiger partial charge in [0.1, 0.15) is 0 Å². The average molecular weight is 225 g/mol. The second-order valence-electron chi connectivity index (χ2n) is 3.99. The van der Waals surface area contributed by atoms with Crippen molar-refractivity contribution in [1.29, 1.82) is 5.26 Å². The average Bonchev–Trinajstić information content (AvgIpc) is 2.38. The van der Waals surface area contributed by atoms with E-state index in [0.29, 0.717) is 6.54 Å². The van der Waals surface area contributed by atoms with Gasteiger partial charge < -0.3 is 0 Å². The Morgan fingerprint density at radius 3 is 3.00 bits per heavy atom. The second kappa shape index (κ2) is 5.42. The molecule has 0 aliphatic carbocycles. The minimum Gasteiger partial charge on any atom is -0.287 e.